The van der Waals surface area contributed by atoms with E-state index in [9.17, 15) is 24.9 Å². The Bertz CT molecular complexity index is 1050. The normalized spacial score (nSPS) is 47.9. The summed E-state index contributed by atoms with van der Waals surface area (Å²) in [4.78, 5) is 25.6. The van der Waals surface area contributed by atoms with Crippen molar-refractivity contribution in [3.05, 3.63) is 34.9 Å². The molecule has 0 bridgehead atoms. The molecule has 2 saturated carbocycles. The molecule has 0 saturated heterocycles. The second-order valence-electron chi connectivity index (χ2n) is 12.1. The zero-order chi connectivity index (χ0) is 24.9. The maximum absolute atomic E-state index is 13.1. The predicted molar refractivity (Wildman–Crippen MR) is 127 cm³/mol. The highest BCUT2D eigenvalue weighted by atomic mass is 16.6. The first-order chi connectivity index (χ1) is 15.7. The Balaban J connectivity index is 1.54. The minimum absolute atomic E-state index is 0.0179. The summed E-state index contributed by atoms with van der Waals surface area (Å²) >= 11 is 0. The molecule has 5 aliphatic rings. The van der Waals surface area contributed by atoms with Crippen LogP contribution in [0.25, 0.3) is 0 Å². The summed E-state index contributed by atoms with van der Waals surface area (Å²) in [6.45, 7) is 9.01. The van der Waals surface area contributed by atoms with Gasteiger partial charge in [-0.1, -0.05) is 30.7 Å². The second-order valence-corrected chi connectivity index (χ2v) is 12.1. The van der Waals surface area contributed by atoms with E-state index in [-0.39, 0.29) is 24.0 Å². The number of carbonyl (C=O) groups is 2. The molecule has 0 aromatic carbocycles. The van der Waals surface area contributed by atoms with E-state index in [0.29, 0.717) is 44.1 Å². The van der Waals surface area contributed by atoms with Crippen molar-refractivity contribution in [2.45, 2.75) is 102 Å². The molecule has 1 aliphatic heterocycles. The average Bonchev–Trinajstić information content (AvgIpc) is 3.00. The van der Waals surface area contributed by atoms with Crippen LogP contribution in [0.4, 0.5) is 0 Å². The summed E-state index contributed by atoms with van der Waals surface area (Å²) in [7, 11) is 0. The molecule has 8 atom stereocenters. The van der Waals surface area contributed by atoms with E-state index in [4.69, 9.17) is 4.74 Å². The number of rotatable bonds is 2. The number of esters is 1. The molecule has 6 nitrogen and oxygen atoms in total. The molecular formula is C28H38O6. The highest BCUT2D eigenvalue weighted by molar-refractivity contribution is 5.92. The van der Waals surface area contributed by atoms with Crippen molar-refractivity contribution in [2.24, 2.45) is 22.7 Å². The second kappa shape index (κ2) is 7.14. The summed E-state index contributed by atoms with van der Waals surface area (Å²) in [5, 5.41) is 36.5. The Hall–Kier alpha value is -1.76. The van der Waals surface area contributed by atoms with E-state index in [1.807, 2.05) is 26.8 Å². The summed E-state index contributed by atoms with van der Waals surface area (Å²) in [5.74, 6) is -0.495. The summed E-state index contributed by atoms with van der Waals surface area (Å²) in [6.07, 6.45) is 8.25. The monoisotopic (exact) mass is 470 g/mol. The molecule has 0 radical (unpaired) electrons. The van der Waals surface area contributed by atoms with Gasteiger partial charge in [0.1, 0.15) is 23.1 Å². The average molecular weight is 471 g/mol. The molecule has 3 N–H and O–H groups in total. The van der Waals surface area contributed by atoms with Crippen LogP contribution in [0, 0.1) is 22.7 Å². The van der Waals surface area contributed by atoms with Gasteiger partial charge >= 0.3 is 5.97 Å². The lowest BCUT2D eigenvalue weighted by molar-refractivity contribution is -0.279. The van der Waals surface area contributed by atoms with Gasteiger partial charge < -0.3 is 20.1 Å². The lowest BCUT2D eigenvalue weighted by Gasteiger charge is -2.63. The van der Waals surface area contributed by atoms with E-state index in [0.717, 1.165) is 11.1 Å². The number of cyclic esters (lactones) is 1. The van der Waals surface area contributed by atoms with Gasteiger partial charge in [0, 0.05) is 23.8 Å². The van der Waals surface area contributed by atoms with Crippen molar-refractivity contribution in [2.75, 3.05) is 0 Å². The predicted octanol–water partition coefficient (Wildman–Crippen LogP) is 3.54. The third-order valence-corrected chi connectivity index (χ3v) is 11.1. The zero-order valence-corrected chi connectivity index (χ0v) is 21.0. The third-order valence-electron chi connectivity index (χ3n) is 11.1. The number of ether oxygens (including phenoxy) is 1. The van der Waals surface area contributed by atoms with Crippen molar-refractivity contribution >= 4 is 11.8 Å². The molecule has 2 fully saturated rings. The number of hydrogen-bond acceptors (Lipinski definition) is 6. The van der Waals surface area contributed by atoms with E-state index >= 15 is 0 Å². The van der Waals surface area contributed by atoms with Crippen molar-refractivity contribution in [3.8, 4) is 0 Å². The van der Waals surface area contributed by atoms with Crippen LogP contribution in [0.15, 0.2) is 34.9 Å². The van der Waals surface area contributed by atoms with Gasteiger partial charge in [-0.2, -0.15) is 0 Å². The molecule has 0 aromatic heterocycles. The maximum Gasteiger partial charge on any atom is 0.334 e. The van der Waals surface area contributed by atoms with Crippen molar-refractivity contribution in [3.63, 3.8) is 0 Å². The first-order valence-corrected chi connectivity index (χ1v) is 12.7. The van der Waals surface area contributed by atoms with Crippen LogP contribution >= 0.6 is 0 Å². The highest BCUT2D eigenvalue weighted by Crippen LogP contribution is 2.70. The fourth-order valence-electron chi connectivity index (χ4n) is 8.38. The smallest absolute Gasteiger partial charge is 0.334 e. The molecule has 1 heterocycles. The maximum atomic E-state index is 13.1. The highest BCUT2D eigenvalue weighted by Gasteiger charge is 2.76. The van der Waals surface area contributed by atoms with Crippen LogP contribution in [-0.2, 0) is 14.3 Å². The van der Waals surface area contributed by atoms with E-state index in [1.54, 1.807) is 13.8 Å². The van der Waals surface area contributed by atoms with Crippen LogP contribution in [0.1, 0.15) is 79.6 Å². The van der Waals surface area contributed by atoms with Crippen LogP contribution in [0.2, 0.25) is 0 Å². The van der Waals surface area contributed by atoms with Crippen molar-refractivity contribution < 1.29 is 29.6 Å². The van der Waals surface area contributed by atoms with E-state index in [2.05, 4.69) is 12.2 Å². The van der Waals surface area contributed by atoms with Gasteiger partial charge in [0.2, 0.25) is 0 Å². The molecule has 4 aliphatic carbocycles. The molecule has 0 unspecified atom stereocenters. The Kier molecular flexibility index (Phi) is 5.03. The Morgan fingerprint density at radius 3 is 2.47 bits per heavy atom. The van der Waals surface area contributed by atoms with Crippen LogP contribution in [0.5, 0.6) is 0 Å². The summed E-state index contributed by atoms with van der Waals surface area (Å²) in [6, 6.07) is 0. The molecule has 34 heavy (non-hydrogen) atoms. The Labute approximate surface area is 201 Å². The number of allylic oxidation sites excluding steroid dienone is 4. The van der Waals surface area contributed by atoms with Gasteiger partial charge in [-0.05, 0) is 77.2 Å². The molecule has 0 amide bonds. The molecule has 0 spiro atoms. The SMILES string of the molecule is CC1=C(C)C(=O)O[C@@H]([C@](C)(O)[C@@]2(O)CC[C@@]3(O)[C@@H]4CC=C5C=CCC(=O)[C@]5(C)[C@H]4CC[C@]23C)C1. The quantitative estimate of drug-likeness (QED) is 0.534. The van der Waals surface area contributed by atoms with Crippen LogP contribution < -0.4 is 0 Å². The standard InChI is InChI=1S/C28H38O6/c1-16-15-22(34-23(30)17(16)2)26(5,31)28(33)14-13-27(32)20-10-9-18-7-6-8-21(29)25(18,4)19(20)11-12-24(27,28)3/h6-7,9,19-20,22,31-33H,8,10-15H2,1-5H3/t19-,20+,22+,24-,25-,26-,27+,28+/m0/s1. The third kappa shape index (κ3) is 2.63. The van der Waals surface area contributed by atoms with Crippen molar-refractivity contribution in [1.82, 2.24) is 0 Å². The zero-order valence-electron chi connectivity index (χ0n) is 21.0. The van der Waals surface area contributed by atoms with Crippen molar-refractivity contribution in [1.29, 1.82) is 0 Å². The summed E-state index contributed by atoms with van der Waals surface area (Å²) < 4.78 is 5.63. The molecule has 0 aromatic rings. The van der Waals surface area contributed by atoms with Crippen LogP contribution in [-0.4, -0.2) is 50.0 Å². The Morgan fingerprint density at radius 1 is 1.09 bits per heavy atom. The molecule has 5 rings (SSSR count). The molecule has 186 valence electrons. The van der Waals surface area contributed by atoms with E-state index < -0.39 is 39.7 Å². The largest absolute Gasteiger partial charge is 0.455 e. The first-order valence-electron chi connectivity index (χ1n) is 12.7. The van der Waals surface area contributed by atoms with Gasteiger partial charge in [0.15, 0.2) is 0 Å². The minimum atomic E-state index is -1.75. The topological polar surface area (TPSA) is 104 Å². The number of hydrogen-bond donors (Lipinski definition) is 3. The number of aliphatic hydroxyl groups is 3. The Morgan fingerprint density at radius 2 is 1.79 bits per heavy atom. The minimum Gasteiger partial charge on any atom is -0.455 e. The van der Waals surface area contributed by atoms with Gasteiger partial charge in [-0.25, -0.2) is 4.79 Å². The first kappa shape index (κ1) is 24.0. The molecular weight excluding hydrogens is 432 g/mol. The number of fused-ring (bicyclic) bond motifs is 5. The fraction of sp³-hybridized carbons (Fsp3) is 0.714. The number of carbonyl (C=O) groups excluding carboxylic acids is 2. The van der Waals surface area contributed by atoms with Gasteiger partial charge in [0.25, 0.3) is 0 Å². The van der Waals surface area contributed by atoms with Crippen LogP contribution in [0.3, 0.4) is 0 Å². The fourth-order valence-corrected chi connectivity index (χ4v) is 8.38. The number of Topliss-reactive ketones (excluding diaryl/α,β-unsaturated/α-hetero) is 1. The van der Waals surface area contributed by atoms with Gasteiger partial charge in [-0.3, -0.25) is 4.79 Å². The number of ketones is 1. The van der Waals surface area contributed by atoms with E-state index in [1.165, 1.54) is 0 Å². The van der Waals surface area contributed by atoms with Gasteiger partial charge in [0.05, 0.1) is 11.0 Å². The lowest BCUT2D eigenvalue weighted by atomic mass is 9.44. The van der Waals surface area contributed by atoms with Gasteiger partial charge in [-0.15, -0.1) is 0 Å². The molecule has 6 heteroatoms. The lowest BCUT2D eigenvalue weighted by Crippen LogP contribution is -2.72. The summed E-state index contributed by atoms with van der Waals surface area (Å²) in [5.41, 5.74) is -3.87.